The maximum atomic E-state index is 13.2. The van der Waals surface area contributed by atoms with Gasteiger partial charge in [-0.2, -0.15) is 3.97 Å². The number of aromatic nitrogens is 2. The lowest BCUT2D eigenvalue weighted by Crippen LogP contribution is -2.28. The van der Waals surface area contributed by atoms with Crippen molar-refractivity contribution in [3.8, 4) is 11.3 Å². The van der Waals surface area contributed by atoms with E-state index in [9.17, 15) is 18.0 Å². The van der Waals surface area contributed by atoms with Crippen LogP contribution in [-0.4, -0.2) is 29.8 Å². The first-order valence-corrected chi connectivity index (χ1v) is 11.9. The third-order valence-electron chi connectivity index (χ3n) is 5.25. The Morgan fingerprint density at radius 1 is 1.03 bits per heavy atom. The average molecular weight is 452 g/mol. The van der Waals surface area contributed by atoms with E-state index >= 15 is 0 Å². The summed E-state index contributed by atoms with van der Waals surface area (Å²) in [5.41, 5.74) is 1.86. The number of benzene rings is 2. The molecule has 1 aliphatic heterocycles. The average Bonchev–Trinajstić information content (AvgIpc) is 3.53. The molecule has 1 N–H and O–H groups in total. The second-order valence-electron chi connectivity index (χ2n) is 7.11. The van der Waals surface area contributed by atoms with E-state index in [-0.39, 0.29) is 10.8 Å². The molecular formula is C22H17N3O4S2. The molecule has 3 heterocycles. The maximum Gasteiger partial charge on any atom is 0.340 e. The molecule has 0 fully saturated rings. The van der Waals surface area contributed by atoms with Gasteiger partial charge in [0.25, 0.3) is 15.9 Å². The number of imidazole rings is 1. The number of H-pyrrole nitrogens is 1. The number of hydrogen-bond donors (Lipinski definition) is 1. The zero-order valence-electron chi connectivity index (χ0n) is 16.2. The van der Waals surface area contributed by atoms with Crippen LogP contribution in [0.2, 0.25) is 0 Å². The Morgan fingerprint density at radius 2 is 1.84 bits per heavy atom. The van der Waals surface area contributed by atoms with Crippen molar-refractivity contribution >= 4 is 33.0 Å². The van der Waals surface area contributed by atoms with Crippen LogP contribution in [0.5, 0.6) is 0 Å². The summed E-state index contributed by atoms with van der Waals surface area (Å²) in [6.07, 6.45) is 1.85. The molecule has 0 saturated heterocycles. The van der Waals surface area contributed by atoms with Crippen LogP contribution in [-0.2, 0) is 16.4 Å². The zero-order valence-corrected chi connectivity index (χ0v) is 17.8. The van der Waals surface area contributed by atoms with E-state index in [2.05, 4.69) is 4.98 Å². The lowest BCUT2D eigenvalue weighted by Gasteiger charge is -2.16. The highest BCUT2D eigenvalue weighted by molar-refractivity contribution is 7.90. The van der Waals surface area contributed by atoms with E-state index in [4.69, 9.17) is 0 Å². The van der Waals surface area contributed by atoms with Gasteiger partial charge in [0.15, 0.2) is 0 Å². The van der Waals surface area contributed by atoms with Crippen LogP contribution in [0.3, 0.4) is 0 Å². The van der Waals surface area contributed by atoms with E-state index in [1.165, 1.54) is 23.6 Å². The van der Waals surface area contributed by atoms with E-state index in [1.54, 1.807) is 35.2 Å². The maximum absolute atomic E-state index is 13.2. The van der Waals surface area contributed by atoms with Gasteiger partial charge in [-0.15, -0.1) is 11.3 Å². The third kappa shape index (κ3) is 3.31. The SMILES string of the molecule is O=C(c1cccs1)N1CCc2cc(S(=O)(=O)n3cc(-c4ccccc4)[nH]c3=O)ccc21. The van der Waals surface area contributed by atoms with Crippen molar-refractivity contribution in [3.63, 3.8) is 0 Å². The van der Waals surface area contributed by atoms with Crippen LogP contribution >= 0.6 is 11.3 Å². The largest absolute Gasteiger partial charge is 0.340 e. The van der Waals surface area contributed by atoms with Crippen LogP contribution in [0.25, 0.3) is 11.3 Å². The highest BCUT2D eigenvalue weighted by atomic mass is 32.2. The van der Waals surface area contributed by atoms with Crippen molar-refractivity contribution in [3.05, 3.63) is 93.2 Å². The number of fused-ring (bicyclic) bond motifs is 1. The summed E-state index contributed by atoms with van der Waals surface area (Å²) in [7, 11) is -4.09. The fraction of sp³-hybridized carbons (Fsp3) is 0.0909. The molecule has 2 aromatic carbocycles. The number of amides is 1. The van der Waals surface area contributed by atoms with Gasteiger partial charge in [0, 0.05) is 12.2 Å². The van der Waals surface area contributed by atoms with Crippen LogP contribution in [0.1, 0.15) is 15.2 Å². The fourth-order valence-corrected chi connectivity index (χ4v) is 5.66. The molecule has 4 aromatic rings. The molecule has 0 bridgehead atoms. The zero-order chi connectivity index (χ0) is 21.6. The van der Waals surface area contributed by atoms with Gasteiger partial charge in [-0.25, -0.2) is 13.2 Å². The highest BCUT2D eigenvalue weighted by Crippen LogP contribution is 2.32. The summed E-state index contributed by atoms with van der Waals surface area (Å²) in [6.45, 7) is 0.484. The minimum atomic E-state index is -4.09. The summed E-state index contributed by atoms with van der Waals surface area (Å²) in [5.74, 6) is -0.0984. The molecule has 2 aromatic heterocycles. The Hall–Kier alpha value is -3.43. The number of anilines is 1. The molecule has 0 atom stereocenters. The predicted octanol–water partition coefficient (Wildman–Crippen LogP) is 3.34. The molecule has 0 radical (unpaired) electrons. The molecule has 7 nitrogen and oxygen atoms in total. The molecule has 156 valence electrons. The Balaban J connectivity index is 1.50. The van der Waals surface area contributed by atoms with Gasteiger partial charge in [-0.3, -0.25) is 4.79 Å². The smallest absolute Gasteiger partial charge is 0.307 e. The number of hydrogen-bond acceptors (Lipinski definition) is 5. The number of thiophene rings is 1. The first-order valence-electron chi connectivity index (χ1n) is 9.56. The third-order valence-corrected chi connectivity index (χ3v) is 7.75. The molecule has 31 heavy (non-hydrogen) atoms. The molecule has 0 spiro atoms. The Kier molecular flexibility index (Phi) is 4.64. The van der Waals surface area contributed by atoms with Gasteiger partial charge in [0.1, 0.15) is 0 Å². The first kappa shape index (κ1) is 19.5. The monoisotopic (exact) mass is 451 g/mol. The van der Waals surface area contributed by atoms with Crippen LogP contribution in [0.4, 0.5) is 5.69 Å². The van der Waals surface area contributed by atoms with E-state index in [1.807, 2.05) is 29.6 Å². The van der Waals surface area contributed by atoms with Gasteiger partial charge >= 0.3 is 5.69 Å². The van der Waals surface area contributed by atoms with Crippen LogP contribution < -0.4 is 10.6 Å². The Labute approximate surface area is 182 Å². The van der Waals surface area contributed by atoms with Gasteiger partial charge in [0.2, 0.25) is 0 Å². The van der Waals surface area contributed by atoms with Crippen LogP contribution in [0, 0.1) is 0 Å². The molecule has 9 heteroatoms. The summed E-state index contributed by atoms with van der Waals surface area (Å²) >= 11 is 1.37. The van der Waals surface area contributed by atoms with E-state index in [0.29, 0.717) is 34.8 Å². The standard InChI is InChI=1S/C22H17N3O4S2/c26-21(20-7-4-12-30-20)24-11-10-16-13-17(8-9-19(16)24)31(28,29)25-14-18(23-22(25)27)15-5-2-1-3-6-15/h1-9,12-14H,10-11H2,(H,23,27). The van der Waals surface area contributed by atoms with Crippen molar-refractivity contribution in [2.75, 3.05) is 11.4 Å². The molecule has 1 amide bonds. The van der Waals surface area contributed by atoms with Crippen LogP contribution in [0.15, 0.2) is 81.9 Å². The second kappa shape index (κ2) is 7.36. The summed E-state index contributed by atoms with van der Waals surface area (Å²) in [6, 6.07) is 17.3. The molecule has 5 rings (SSSR count). The molecule has 0 unspecified atom stereocenters. The molecule has 0 aliphatic carbocycles. The molecule has 1 aliphatic rings. The Bertz CT molecular complexity index is 1440. The quantitative estimate of drug-likeness (QED) is 0.515. The van der Waals surface area contributed by atoms with E-state index in [0.717, 1.165) is 9.54 Å². The van der Waals surface area contributed by atoms with Crippen molar-refractivity contribution < 1.29 is 13.2 Å². The molecule has 0 saturated carbocycles. The highest BCUT2D eigenvalue weighted by Gasteiger charge is 2.29. The van der Waals surface area contributed by atoms with Gasteiger partial charge < -0.3 is 9.88 Å². The molecular weight excluding hydrogens is 434 g/mol. The first-order chi connectivity index (χ1) is 14.9. The van der Waals surface area contributed by atoms with Crippen molar-refractivity contribution in [2.24, 2.45) is 0 Å². The normalized spacial score (nSPS) is 13.4. The van der Waals surface area contributed by atoms with Crippen molar-refractivity contribution in [1.82, 2.24) is 8.96 Å². The number of carbonyl (C=O) groups excluding carboxylic acids is 1. The summed E-state index contributed by atoms with van der Waals surface area (Å²) in [5, 5.41) is 1.85. The van der Waals surface area contributed by atoms with Gasteiger partial charge in [0.05, 0.1) is 21.7 Å². The Morgan fingerprint density at radius 3 is 2.58 bits per heavy atom. The number of nitrogens with zero attached hydrogens (tertiary/aromatic N) is 2. The fourth-order valence-electron chi connectivity index (χ4n) is 3.72. The van der Waals surface area contributed by atoms with Gasteiger partial charge in [-0.1, -0.05) is 36.4 Å². The van der Waals surface area contributed by atoms with Crippen molar-refractivity contribution in [1.29, 1.82) is 0 Å². The van der Waals surface area contributed by atoms with E-state index < -0.39 is 15.7 Å². The second-order valence-corrected chi connectivity index (χ2v) is 9.88. The number of carbonyl (C=O) groups is 1. The number of nitrogens with one attached hydrogen (secondary N) is 1. The minimum Gasteiger partial charge on any atom is -0.307 e. The predicted molar refractivity (Wildman–Crippen MR) is 119 cm³/mol. The number of rotatable bonds is 4. The van der Waals surface area contributed by atoms with Crippen molar-refractivity contribution in [2.45, 2.75) is 11.3 Å². The lowest BCUT2D eigenvalue weighted by molar-refractivity contribution is 0.0993. The summed E-state index contributed by atoms with van der Waals surface area (Å²) < 4.78 is 27.1. The van der Waals surface area contributed by atoms with Gasteiger partial charge in [-0.05, 0) is 47.2 Å². The lowest BCUT2D eigenvalue weighted by atomic mass is 10.2. The number of aromatic amines is 1. The minimum absolute atomic E-state index is 0.0115. The summed E-state index contributed by atoms with van der Waals surface area (Å²) in [4.78, 5) is 30.1. The topological polar surface area (TPSA) is 92.2 Å².